The molecule has 0 fully saturated rings. The van der Waals surface area contributed by atoms with Gasteiger partial charge in [-0.3, -0.25) is 4.79 Å². The average Bonchev–Trinajstić information content (AvgIpc) is 3.15. The van der Waals surface area contributed by atoms with E-state index in [0.717, 1.165) is 6.07 Å². The average molecular weight is 436 g/mol. The normalized spacial score (nSPS) is 20.2. The molecule has 0 saturated carbocycles. The lowest BCUT2D eigenvalue weighted by molar-refractivity contribution is 0.307. The lowest BCUT2D eigenvalue weighted by atomic mass is 9.94. The summed E-state index contributed by atoms with van der Waals surface area (Å²) < 4.78 is 63.4. The molecule has 0 aromatic carbocycles. The molecule has 1 N–H and O–H groups in total. The predicted octanol–water partition coefficient (Wildman–Crippen LogP) is 4.38. The number of hydrogen-bond donors (Lipinski definition) is 1. The number of allylic oxidation sites excluding steroid dienone is 4. The molecular weight excluding hydrogens is 416 g/mol. The van der Waals surface area contributed by atoms with E-state index in [1.165, 1.54) is 16.7 Å². The van der Waals surface area contributed by atoms with Crippen LogP contribution in [0.4, 0.5) is 29.2 Å². The van der Waals surface area contributed by atoms with Gasteiger partial charge < -0.3 is 14.6 Å². The van der Waals surface area contributed by atoms with Crippen molar-refractivity contribution >= 4 is 11.6 Å². The van der Waals surface area contributed by atoms with E-state index >= 15 is 0 Å². The maximum Gasteiger partial charge on any atom is 0.310 e. The van der Waals surface area contributed by atoms with Crippen molar-refractivity contribution in [3.8, 4) is 5.88 Å². The number of nitrogens with zero attached hydrogens (tertiary/aromatic N) is 3. The molecule has 6 nitrogen and oxygen atoms in total. The molecule has 0 radical (unpaired) electrons. The molecule has 2 aromatic rings. The molecule has 2 aromatic heterocycles. The number of rotatable bonds is 5. The number of alkyl halides is 1. The van der Waals surface area contributed by atoms with Gasteiger partial charge in [-0.2, -0.15) is 9.37 Å². The Kier molecular flexibility index (Phi) is 5.55. The summed E-state index contributed by atoms with van der Waals surface area (Å²) in [5.41, 5.74) is -0.196. The number of pyridine rings is 1. The first-order chi connectivity index (χ1) is 14.8. The van der Waals surface area contributed by atoms with Gasteiger partial charge in [-0.05, 0) is 38.3 Å². The van der Waals surface area contributed by atoms with Crippen LogP contribution >= 0.6 is 0 Å². The molecule has 3 heterocycles. The fourth-order valence-corrected chi connectivity index (χ4v) is 3.94. The van der Waals surface area contributed by atoms with E-state index in [4.69, 9.17) is 4.74 Å². The van der Waals surface area contributed by atoms with Crippen LogP contribution in [-0.4, -0.2) is 27.3 Å². The Balaban J connectivity index is 1.79. The molecule has 0 bridgehead atoms. The first-order valence-electron chi connectivity index (χ1n) is 9.88. The highest BCUT2D eigenvalue weighted by Gasteiger charge is 2.35. The summed E-state index contributed by atoms with van der Waals surface area (Å²) in [6.07, 6.45) is 1.03. The number of aryl methyl sites for hydroxylation is 1. The molecular formula is C21H20F4N4O2. The summed E-state index contributed by atoms with van der Waals surface area (Å²) in [5.74, 6) is -2.56. The summed E-state index contributed by atoms with van der Waals surface area (Å²) in [6.45, 7) is 3.53. The van der Waals surface area contributed by atoms with Crippen molar-refractivity contribution in [1.29, 1.82) is 0 Å². The highest BCUT2D eigenvalue weighted by Crippen LogP contribution is 2.40. The molecule has 0 saturated heterocycles. The maximum absolute atomic E-state index is 14.6. The second kappa shape index (κ2) is 8.16. The fourth-order valence-electron chi connectivity index (χ4n) is 3.94. The van der Waals surface area contributed by atoms with Gasteiger partial charge in [0.25, 0.3) is 5.88 Å². The van der Waals surface area contributed by atoms with E-state index < -0.39 is 41.7 Å². The first-order valence-corrected chi connectivity index (χ1v) is 9.88. The van der Waals surface area contributed by atoms with Crippen LogP contribution in [0.3, 0.4) is 0 Å². The topological polar surface area (TPSA) is 69.0 Å². The minimum Gasteiger partial charge on any atom is -0.476 e. The second-order valence-electron chi connectivity index (χ2n) is 7.34. The van der Waals surface area contributed by atoms with Crippen LogP contribution in [0.1, 0.15) is 37.2 Å². The van der Waals surface area contributed by atoms with Crippen molar-refractivity contribution in [2.45, 2.75) is 45.3 Å². The largest absolute Gasteiger partial charge is 0.476 e. The Morgan fingerprint density at radius 2 is 2.03 bits per heavy atom. The van der Waals surface area contributed by atoms with Gasteiger partial charge in [0.1, 0.15) is 12.0 Å². The summed E-state index contributed by atoms with van der Waals surface area (Å²) in [4.78, 5) is 19.9. The second-order valence-corrected chi connectivity index (χ2v) is 7.34. The maximum atomic E-state index is 14.6. The number of fused-ring (bicyclic) bond motifs is 1. The fraction of sp³-hybridized carbons (Fsp3) is 0.381. The molecule has 2 atom stereocenters. The van der Waals surface area contributed by atoms with E-state index in [0.29, 0.717) is 12.1 Å². The van der Waals surface area contributed by atoms with E-state index in [9.17, 15) is 22.4 Å². The van der Waals surface area contributed by atoms with Gasteiger partial charge >= 0.3 is 5.56 Å². The molecule has 1 aliphatic carbocycles. The number of nitrogens with one attached hydrogen (secondary N) is 1. The zero-order valence-corrected chi connectivity index (χ0v) is 16.9. The van der Waals surface area contributed by atoms with Crippen LogP contribution in [0.25, 0.3) is 0 Å². The molecule has 31 heavy (non-hydrogen) atoms. The highest BCUT2D eigenvalue weighted by molar-refractivity contribution is 5.58. The van der Waals surface area contributed by atoms with E-state index in [-0.39, 0.29) is 41.8 Å². The SMILES string of the molecule is CCOc1nc(C)c(Nc2nc(=O)c(F)c3n2C(C2=CC=C(F)CC2F)CC3)cc1F. The Morgan fingerprint density at radius 3 is 2.74 bits per heavy atom. The lowest BCUT2D eigenvalue weighted by Gasteiger charge is -2.26. The number of ether oxygens (including phenoxy) is 1. The van der Waals surface area contributed by atoms with E-state index in [1.54, 1.807) is 13.8 Å². The Morgan fingerprint density at radius 1 is 1.26 bits per heavy atom. The smallest absolute Gasteiger partial charge is 0.310 e. The van der Waals surface area contributed by atoms with Crippen LogP contribution in [-0.2, 0) is 6.42 Å². The zero-order chi connectivity index (χ0) is 22.3. The van der Waals surface area contributed by atoms with Crippen molar-refractivity contribution in [3.05, 3.63) is 63.0 Å². The van der Waals surface area contributed by atoms with Crippen molar-refractivity contribution in [2.24, 2.45) is 0 Å². The van der Waals surface area contributed by atoms with Gasteiger partial charge in [0.15, 0.2) is 5.82 Å². The lowest BCUT2D eigenvalue weighted by Crippen LogP contribution is -2.25. The number of aromatic nitrogens is 3. The van der Waals surface area contributed by atoms with Crippen molar-refractivity contribution < 1.29 is 22.3 Å². The standard InChI is InChI=1S/C21H20F4N4O2/c1-3-31-20-14(24)9-15(10(2)26-20)27-21-28-19(30)18(25)17-7-6-16(29(17)21)12-5-4-11(22)8-13(12)23/h4-5,9,13,16H,3,6-8H2,1-2H3,(H,27,28,30). The van der Waals surface area contributed by atoms with Crippen molar-refractivity contribution in [3.63, 3.8) is 0 Å². The van der Waals surface area contributed by atoms with Crippen LogP contribution in [0.2, 0.25) is 0 Å². The van der Waals surface area contributed by atoms with Crippen LogP contribution in [0, 0.1) is 18.6 Å². The summed E-state index contributed by atoms with van der Waals surface area (Å²) in [5, 5.41) is 2.83. The minimum absolute atomic E-state index is 0.0626. The first kappa shape index (κ1) is 21.1. The Bertz CT molecular complexity index is 1160. The number of hydrogen-bond acceptors (Lipinski definition) is 5. The third kappa shape index (κ3) is 3.82. The van der Waals surface area contributed by atoms with E-state index in [1.807, 2.05) is 0 Å². The molecule has 2 unspecified atom stereocenters. The summed E-state index contributed by atoms with van der Waals surface area (Å²) in [6, 6.07) is 0.468. The molecule has 1 aliphatic heterocycles. The minimum atomic E-state index is -1.58. The molecule has 0 spiro atoms. The van der Waals surface area contributed by atoms with Crippen LogP contribution < -0.4 is 15.6 Å². The van der Waals surface area contributed by atoms with Gasteiger partial charge in [0, 0.05) is 12.5 Å². The zero-order valence-electron chi connectivity index (χ0n) is 16.9. The monoisotopic (exact) mass is 436 g/mol. The summed E-state index contributed by atoms with van der Waals surface area (Å²) in [7, 11) is 0. The molecule has 4 rings (SSSR count). The molecule has 10 heteroatoms. The van der Waals surface area contributed by atoms with Gasteiger partial charge in [-0.25, -0.2) is 18.2 Å². The molecule has 164 valence electrons. The Hall–Kier alpha value is -3.17. The number of anilines is 2. The van der Waals surface area contributed by atoms with Gasteiger partial charge in [0.2, 0.25) is 11.8 Å². The van der Waals surface area contributed by atoms with Crippen LogP contribution in [0.15, 0.2) is 34.4 Å². The van der Waals surface area contributed by atoms with Crippen LogP contribution in [0.5, 0.6) is 5.88 Å². The number of halogens is 4. The van der Waals surface area contributed by atoms with Crippen molar-refractivity contribution in [2.75, 3.05) is 11.9 Å². The Labute approximate surface area is 175 Å². The summed E-state index contributed by atoms with van der Waals surface area (Å²) >= 11 is 0. The quantitative estimate of drug-likeness (QED) is 0.705. The highest BCUT2D eigenvalue weighted by atomic mass is 19.1. The predicted molar refractivity (Wildman–Crippen MR) is 106 cm³/mol. The van der Waals surface area contributed by atoms with E-state index in [2.05, 4.69) is 15.3 Å². The molecule has 0 amide bonds. The third-order valence-electron chi connectivity index (χ3n) is 5.37. The third-order valence-corrected chi connectivity index (χ3v) is 5.37. The van der Waals surface area contributed by atoms with Gasteiger partial charge in [-0.1, -0.05) is 6.08 Å². The van der Waals surface area contributed by atoms with Gasteiger partial charge in [0.05, 0.1) is 29.7 Å². The van der Waals surface area contributed by atoms with Gasteiger partial charge in [-0.15, -0.1) is 0 Å². The molecule has 2 aliphatic rings. The van der Waals surface area contributed by atoms with Crippen molar-refractivity contribution in [1.82, 2.24) is 14.5 Å².